The van der Waals surface area contributed by atoms with Crippen LogP contribution in [-0.4, -0.2) is 28.7 Å². The van der Waals surface area contributed by atoms with E-state index < -0.39 is 0 Å². The quantitative estimate of drug-likeness (QED) is 0.856. The molecule has 0 atom stereocenters. The number of benzene rings is 1. The first-order valence-corrected chi connectivity index (χ1v) is 5.77. The summed E-state index contributed by atoms with van der Waals surface area (Å²) in [7, 11) is 0. The molecule has 1 aliphatic rings. The number of hydrogen-bond donors (Lipinski definition) is 1. The first-order valence-electron chi connectivity index (χ1n) is 5.77. The molecule has 0 fully saturated rings. The molecule has 17 heavy (non-hydrogen) atoms. The van der Waals surface area contributed by atoms with E-state index in [0.29, 0.717) is 0 Å². The lowest BCUT2D eigenvalue weighted by molar-refractivity contribution is 0.687. The van der Waals surface area contributed by atoms with Crippen molar-refractivity contribution in [3.05, 3.63) is 53.9 Å². The van der Waals surface area contributed by atoms with Gasteiger partial charge >= 0.3 is 0 Å². The summed E-state index contributed by atoms with van der Waals surface area (Å²) in [5, 5.41) is 7.50. The molecule has 2 heterocycles. The molecule has 0 spiro atoms. The van der Waals surface area contributed by atoms with Gasteiger partial charge in [0, 0.05) is 24.5 Å². The maximum Gasteiger partial charge on any atom is 0.128 e. The fraction of sp³-hybridized carbons (Fsp3) is 0.231. The topological polar surface area (TPSA) is 42.2 Å². The van der Waals surface area contributed by atoms with E-state index in [4.69, 9.17) is 0 Å². The van der Waals surface area contributed by atoms with Crippen molar-refractivity contribution in [3.63, 3.8) is 0 Å². The van der Waals surface area contributed by atoms with E-state index in [9.17, 15) is 0 Å². The average Bonchev–Trinajstić information content (AvgIpc) is 3.01. The summed E-state index contributed by atoms with van der Waals surface area (Å²) < 4.78 is 1.92. The third-order valence-corrected chi connectivity index (χ3v) is 2.78. The van der Waals surface area contributed by atoms with Crippen LogP contribution in [0.1, 0.15) is 11.1 Å². The van der Waals surface area contributed by atoms with Gasteiger partial charge in [0.1, 0.15) is 5.84 Å². The minimum atomic E-state index is 0.800. The molecule has 0 radical (unpaired) electrons. The smallest absolute Gasteiger partial charge is 0.128 e. The Morgan fingerprint density at radius 3 is 3.06 bits per heavy atom. The zero-order chi connectivity index (χ0) is 11.5. The standard InChI is InChI=1S/C13H14N4/c1-3-11(10-17-8-2-5-16-17)9-12(4-1)13-14-6-7-15-13/h1-5,8-9H,6-7,10H2,(H,14,15). The number of nitrogens with one attached hydrogen (secondary N) is 1. The van der Waals surface area contributed by atoms with Crippen LogP contribution in [0.15, 0.2) is 47.7 Å². The van der Waals surface area contributed by atoms with E-state index in [1.807, 2.05) is 16.9 Å². The minimum absolute atomic E-state index is 0.800. The molecule has 1 N–H and O–H groups in total. The summed E-state index contributed by atoms with van der Waals surface area (Å²) in [6, 6.07) is 10.4. The number of nitrogens with zero attached hydrogens (tertiary/aromatic N) is 3. The second-order valence-electron chi connectivity index (χ2n) is 4.06. The van der Waals surface area contributed by atoms with E-state index in [0.717, 1.165) is 31.0 Å². The third-order valence-electron chi connectivity index (χ3n) is 2.78. The Hall–Kier alpha value is -2.10. The molecule has 0 saturated heterocycles. The zero-order valence-electron chi connectivity index (χ0n) is 9.50. The molecule has 1 aliphatic heterocycles. The van der Waals surface area contributed by atoms with E-state index in [2.05, 4.69) is 39.7 Å². The Kier molecular flexibility index (Phi) is 2.62. The molecular formula is C13H14N4. The summed E-state index contributed by atoms with van der Waals surface area (Å²) in [6.07, 6.45) is 3.77. The van der Waals surface area contributed by atoms with Gasteiger partial charge in [-0.05, 0) is 17.7 Å². The highest BCUT2D eigenvalue weighted by molar-refractivity contribution is 5.99. The van der Waals surface area contributed by atoms with Crippen molar-refractivity contribution in [2.45, 2.75) is 6.54 Å². The molecule has 0 unspecified atom stereocenters. The normalized spacial score (nSPS) is 14.5. The SMILES string of the molecule is c1cc(Cn2cccn2)cc(C2=NCCN2)c1. The number of rotatable bonds is 3. The Morgan fingerprint density at radius 2 is 2.29 bits per heavy atom. The van der Waals surface area contributed by atoms with E-state index in [-0.39, 0.29) is 0 Å². The number of aromatic nitrogens is 2. The van der Waals surface area contributed by atoms with Gasteiger partial charge in [-0.3, -0.25) is 9.67 Å². The predicted molar refractivity (Wildman–Crippen MR) is 67.2 cm³/mol. The van der Waals surface area contributed by atoms with Crippen LogP contribution in [0.4, 0.5) is 0 Å². The summed E-state index contributed by atoms with van der Waals surface area (Å²) in [4.78, 5) is 4.43. The average molecular weight is 226 g/mol. The van der Waals surface area contributed by atoms with Crippen molar-refractivity contribution in [3.8, 4) is 0 Å². The highest BCUT2D eigenvalue weighted by Gasteiger charge is 2.08. The Morgan fingerprint density at radius 1 is 1.29 bits per heavy atom. The number of aliphatic imine (C=N–C) groups is 1. The molecular weight excluding hydrogens is 212 g/mol. The minimum Gasteiger partial charge on any atom is -0.368 e. The molecule has 0 amide bonds. The number of hydrogen-bond acceptors (Lipinski definition) is 3. The van der Waals surface area contributed by atoms with Crippen molar-refractivity contribution in [1.82, 2.24) is 15.1 Å². The predicted octanol–water partition coefficient (Wildman–Crippen LogP) is 1.28. The molecule has 2 aromatic rings. The van der Waals surface area contributed by atoms with Crippen LogP contribution >= 0.6 is 0 Å². The fourth-order valence-electron chi connectivity index (χ4n) is 1.99. The summed E-state index contributed by atoms with van der Waals surface area (Å²) >= 11 is 0. The summed E-state index contributed by atoms with van der Waals surface area (Å²) in [6.45, 7) is 2.62. The Balaban J connectivity index is 1.84. The van der Waals surface area contributed by atoms with Gasteiger partial charge in [-0.25, -0.2) is 0 Å². The molecule has 1 aromatic heterocycles. The monoisotopic (exact) mass is 226 g/mol. The van der Waals surface area contributed by atoms with Crippen LogP contribution < -0.4 is 5.32 Å². The highest BCUT2D eigenvalue weighted by atomic mass is 15.3. The fourth-order valence-corrected chi connectivity index (χ4v) is 1.99. The van der Waals surface area contributed by atoms with E-state index in [1.165, 1.54) is 5.56 Å². The zero-order valence-corrected chi connectivity index (χ0v) is 9.50. The van der Waals surface area contributed by atoms with Crippen molar-refractivity contribution in [1.29, 1.82) is 0 Å². The van der Waals surface area contributed by atoms with Crippen LogP contribution in [-0.2, 0) is 6.54 Å². The van der Waals surface area contributed by atoms with Gasteiger partial charge < -0.3 is 5.32 Å². The third kappa shape index (κ3) is 2.20. The molecule has 0 bridgehead atoms. The maximum absolute atomic E-state index is 4.43. The molecule has 4 heteroatoms. The van der Waals surface area contributed by atoms with Gasteiger partial charge in [-0.15, -0.1) is 0 Å². The van der Waals surface area contributed by atoms with E-state index in [1.54, 1.807) is 6.20 Å². The summed E-state index contributed by atoms with van der Waals surface area (Å²) in [5.74, 6) is 1.01. The molecule has 3 rings (SSSR count). The summed E-state index contributed by atoms with van der Waals surface area (Å²) in [5.41, 5.74) is 2.40. The lowest BCUT2D eigenvalue weighted by Gasteiger charge is -2.06. The molecule has 86 valence electrons. The van der Waals surface area contributed by atoms with Gasteiger partial charge in [0.25, 0.3) is 0 Å². The van der Waals surface area contributed by atoms with Crippen molar-refractivity contribution < 1.29 is 0 Å². The van der Waals surface area contributed by atoms with Crippen molar-refractivity contribution in [2.24, 2.45) is 4.99 Å². The van der Waals surface area contributed by atoms with Crippen LogP contribution in [0.5, 0.6) is 0 Å². The van der Waals surface area contributed by atoms with E-state index >= 15 is 0 Å². The van der Waals surface area contributed by atoms with Crippen LogP contribution in [0.2, 0.25) is 0 Å². The first-order chi connectivity index (χ1) is 8.42. The van der Waals surface area contributed by atoms with Gasteiger partial charge in [0.2, 0.25) is 0 Å². The van der Waals surface area contributed by atoms with Crippen molar-refractivity contribution >= 4 is 5.84 Å². The van der Waals surface area contributed by atoms with Gasteiger partial charge in [0.15, 0.2) is 0 Å². The van der Waals surface area contributed by atoms with Gasteiger partial charge in [0.05, 0.1) is 13.1 Å². The lowest BCUT2D eigenvalue weighted by atomic mass is 10.1. The highest BCUT2D eigenvalue weighted by Crippen LogP contribution is 2.08. The number of amidine groups is 1. The molecule has 1 aromatic carbocycles. The van der Waals surface area contributed by atoms with Crippen LogP contribution in [0.3, 0.4) is 0 Å². The molecule has 0 saturated carbocycles. The largest absolute Gasteiger partial charge is 0.368 e. The van der Waals surface area contributed by atoms with Crippen LogP contribution in [0, 0.1) is 0 Å². The van der Waals surface area contributed by atoms with Gasteiger partial charge in [-0.2, -0.15) is 5.10 Å². The van der Waals surface area contributed by atoms with Crippen molar-refractivity contribution in [2.75, 3.05) is 13.1 Å². The maximum atomic E-state index is 4.43. The lowest BCUT2D eigenvalue weighted by Crippen LogP contribution is -2.19. The van der Waals surface area contributed by atoms with Crippen LogP contribution in [0.25, 0.3) is 0 Å². The van der Waals surface area contributed by atoms with Gasteiger partial charge in [-0.1, -0.05) is 18.2 Å². The Labute approximate surface area is 100.0 Å². The second kappa shape index (κ2) is 4.41. The first kappa shape index (κ1) is 10.1. The second-order valence-corrected chi connectivity index (χ2v) is 4.06. The Bertz CT molecular complexity index is 528. The molecule has 4 nitrogen and oxygen atoms in total. The molecule has 0 aliphatic carbocycles.